The van der Waals surface area contributed by atoms with Crippen LogP contribution in [-0.2, 0) is 4.79 Å². The number of nitro groups is 1. The largest absolute Gasteiger partial charge is 0.480 e. The number of benzene rings is 1. The fourth-order valence-electron chi connectivity index (χ4n) is 2.25. The molecule has 1 unspecified atom stereocenters. The van der Waals surface area contributed by atoms with Crippen molar-refractivity contribution < 1.29 is 19.6 Å². The Bertz CT molecular complexity index is 784. The minimum Gasteiger partial charge on any atom is -0.480 e. The number of carboxylic acid groups (broad SMARTS) is 1. The van der Waals surface area contributed by atoms with Crippen molar-refractivity contribution in [2.45, 2.75) is 26.3 Å². The van der Waals surface area contributed by atoms with Gasteiger partial charge in [0.2, 0.25) is 0 Å². The average Bonchev–Trinajstić information content (AvgIpc) is 3.08. The van der Waals surface area contributed by atoms with Crippen molar-refractivity contribution in [1.29, 1.82) is 0 Å². The standard InChI is InChI=1S/C16H18N4O5/c1-3-11(2)18(10-15(21)22)16(23)14-8-9-19(17-14)12-4-6-13(7-5-12)20(24)25/h4-9,11H,3,10H2,1-2H3,(H,21,22). The molecule has 0 aliphatic rings. The minimum atomic E-state index is -1.09. The minimum absolute atomic E-state index is 0.0448. The highest BCUT2D eigenvalue weighted by molar-refractivity contribution is 5.94. The molecule has 1 N–H and O–H groups in total. The fourth-order valence-corrected chi connectivity index (χ4v) is 2.25. The third-order valence-electron chi connectivity index (χ3n) is 3.82. The molecule has 9 nitrogen and oxygen atoms in total. The van der Waals surface area contributed by atoms with Crippen molar-refractivity contribution in [2.24, 2.45) is 0 Å². The summed E-state index contributed by atoms with van der Waals surface area (Å²) in [5, 5.41) is 23.8. The highest BCUT2D eigenvalue weighted by Gasteiger charge is 2.24. The van der Waals surface area contributed by atoms with Crippen LogP contribution in [0.15, 0.2) is 36.5 Å². The summed E-state index contributed by atoms with van der Waals surface area (Å²) < 4.78 is 1.41. The van der Waals surface area contributed by atoms with Crippen molar-refractivity contribution in [3.05, 3.63) is 52.3 Å². The van der Waals surface area contributed by atoms with E-state index < -0.39 is 23.3 Å². The van der Waals surface area contributed by atoms with E-state index in [0.29, 0.717) is 12.1 Å². The molecule has 0 saturated heterocycles. The first-order valence-electron chi connectivity index (χ1n) is 7.66. The predicted octanol–water partition coefficient (Wildman–Crippen LogP) is 2.11. The van der Waals surface area contributed by atoms with Crippen LogP contribution in [0.1, 0.15) is 30.8 Å². The fraction of sp³-hybridized carbons (Fsp3) is 0.312. The number of nitro benzene ring substituents is 1. The van der Waals surface area contributed by atoms with Gasteiger partial charge in [0, 0.05) is 24.4 Å². The summed E-state index contributed by atoms with van der Waals surface area (Å²) in [6.07, 6.45) is 2.16. The van der Waals surface area contributed by atoms with Crippen molar-refractivity contribution in [1.82, 2.24) is 14.7 Å². The summed E-state index contributed by atoms with van der Waals surface area (Å²) in [4.78, 5) is 35.0. The van der Waals surface area contributed by atoms with Crippen LogP contribution in [0.5, 0.6) is 0 Å². The van der Waals surface area contributed by atoms with Gasteiger partial charge in [-0.05, 0) is 31.5 Å². The summed E-state index contributed by atoms with van der Waals surface area (Å²) in [6, 6.07) is 6.96. The van der Waals surface area contributed by atoms with Crippen LogP contribution in [0, 0.1) is 10.1 Å². The average molecular weight is 346 g/mol. The molecule has 0 radical (unpaired) electrons. The summed E-state index contributed by atoms with van der Waals surface area (Å²) in [7, 11) is 0. The maximum absolute atomic E-state index is 12.6. The zero-order valence-electron chi connectivity index (χ0n) is 13.8. The van der Waals surface area contributed by atoms with Crippen molar-refractivity contribution in [3.63, 3.8) is 0 Å². The molecule has 1 atom stereocenters. The Morgan fingerprint density at radius 1 is 1.32 bits per heavy atom. The summed E-state index contributed by atoms with van der Waals surface area (Å²) in [6.45, 7) is 3.23. The first kappa shape index (κ1) is 18.1. The van der Waals surface area contributed by atoms with Gasteiger partial charge in [0.05, 0.1) is 10.6 Å². The molecule has 1 aromatic heterocycles. The van der Waals surface area contributed by atoms with Gasteiger partial charge in [-0.25, -0.2) is 4.68 Å². The molecule has 1 heterocycles. The van der Waals surface area contributed by atoms with E-state index in [0.717, 1.165) is 0 Å². The number of rotatable bonds is 7. The summed E-state index contributed by atoms with van der Waals surface area (Å²) in [5.41, 5.74) is 0.620. The van der Waals surface area contributed by atoms with E-state index in [1.165, 1.54) is 39.9 Å². The molecule has 2 aromatic rings. The van der Waals surface area contributed by atoms with Gasteiger partial charge in [0.15, 0.2) is 5.69 Å². The van der Waals surface area contributed by atoms with E-state index in [1.807, 2.05) is 6.92 Å². The monoisotopic (exact) mass is 346 g/mol. The lowest BCUT2D eigenvalue weighted by Gasteiger charge is -2.26. The predicted molar refractivity (Wildman–Crippen MR) is 88.6 cm³/mol. The molecule has 132 valence electrons. The molecular formula is C16H18N4O5. The third-order valence-corrected chi connectivity index (χ3v) is 3.82. The molecule has 2 rings (SSSR count). The van der Waals surface area contributed by atoms with Gasteiger partial charge in [-0.15, -0.1) is 0 Å². The van der Waals surface area contributed by atoms with Crippen LogP contribution in [-0.4, -0.2) is 49.2 Å². The zero-order chi connectivity index (χ0) is 18.6. The SMILES string of the molecule is CCC(C)N(CC(=O)O)C(=O)c1ccn(-c2ccc([N+](=O)[O-])cc2)n1. The zero-order valence-corrected chi connectivity index (χ0v) is 13.8. The molecule has 9 heteroatoms. The van der Waals surface area contributed by atoms with E-state index >= 15 is 0 Å². The Hall–Kier alpha value is -3.23. The normalized spacial score (nSPS) is 11.8. The molecule has 0 aliphatic heterocycles. The number of aromatic nitrogens is 2. The number of amides is 1. The Kier molecular flexibility index (Phi) is 5.48. The maximum Gasteiger partial charge on any atom is 0.323 e. The van der Waals surface area contributed by atoms with Crippen LogP contribution in [0.4, 0.5) is 5.69 Å². The summed E-state index contributed by atoms with van der Waals surface area (Å²) in [5.74, 6) is -1.57. The second-order valence-corrected chi connectivity index (χ2v) is 5.50. The van der Waals surface area contributed by atoms with Crippen LogP contribution in [0.2, 0.25) is 0 Å². The van der Waals surface area contributed by atoms with Crippen LogP contribution in [0.3, 0.4) is 0 Å². The topological polar surface area (TPSA) is 119 Å². The molecule has 0 spiro atoms. The van der Waals surface area contributed by atoms with Gasteiger partial charge >= 0.3 is 5.97 Å². The van der Waals surface area contributed by atoms with Crippen molar-refractivity contribution in [2.75, 3.05) is 6.54 Å². The van der Waals surface area contributed by atoms with Gasteiger partial charge in [0.25, 0.3) is 11.6 Å². The lowest BCUT2D eigenvalue weighted by atomic mass is 10.2. The first-order valence-corrected chi connectivity index (χ1v) is 7.66. The number of hydrogen-bond donors (Lipinski definition) is 1. The smallest absolute Gasteiger partial charge is 0.323 e. The quantitative estimate of drug-likeness (QED) is 0.606. The molecule has 1 amide bonds. The number of carboxylic acids is 1. The van der Waals surface area contributed by atoms with Gasteiger partial charge in [0.1, 0.15) is 6.54 Å². The van der Waals surface area contributed by atoms with Gasteiger partial charge < -0.3 is 10.0 Å². The molecule has 25 heavy (non-hydrogen) atoms. The molecule has 0 saturated carbocycles. The van der Waals surface area contributed by atoms with Crippen LogP contribution in [0.25, 0.3) is 5.69 Å². The van der Waals surface area contributed by atoms with Crippen molar-refractivity contribution >= 4 is 17.6 Å². The highest BCUT2D eigenvalue weighted by atomic mass is 16.6. The van der Waals surface area contributed by atoms with E-state index in [9.17, 15) is 19.7 Å². The number of non-ortho nitro benzene ring substituents is 1. The summed E-state index contributed by atoms with van der Waals surface area (Å²) >= 11 is 0. The van der Waals surface area contributed by atoms with E-state index in [-0.39, 0.29) is 17.4 Å². The maximum atomic E-state index is 12.6. The first-order chi connectivity index (χ1) is 11.8. The Morgan fingerprint density at radius 3 is 2.48 bits per heavy atom. The van der Waals surface area contributed by atoms with Crippen molar-refractivity contribution in [3.8, 4) is 5.69 Å². The van der Waals surface area contributed by atoms with Crippen LogP contribution < -0.4 is 0 Å². The molecule has 0 aliphatic carbocycles. The van der Waals surface area contributed by atoms with Gasteiger partial charge in [-0.2, -0.15) is 5.10 Å². The lowest BCUT2D eigenvalue weighted by molar-refractivity contribution is -0.384. The third kappa shape index (κ3) is 4.19. The Labute approximate surface area is 143 Å². The molecule has 0 fully saturated rings. The number of nitrogens with zero attached hydrogens (tertiary/aromatic N) is 4. The highest BCUT2D eigenvalue weighted by Crippen LogP contribution is 2.16. The van der Waals surface area contributed by atoms with Gasteiger partial charge in [-0.3, -0.25) is 19.7 Å². The second-order valence-electron chi connectivity index (χ2n) is 5.50. The van der Waals surface area contributed by atoms with E-state index in [2.05, 4.69) is 5.10 Å². The number of aliphatic carboxylic acids is 1. The number of hydrogen-bond acceptors (Lipinski definition) is 5. The Morgan fingerprint density at radius 2 is 1.96 bits per heavy atom. The second kappa shape index (κ2) is 7.56. The van der Waals surface area contributed by atoms with Crippen LogP contribution >= 0.6 is 0 Å². The molecule has 1 aromatic carbocycles. The number of carbonyl (C=O) groups excluding carboxylic acids is 1. The number of carbonyl (C=O) groups is 2. The lowest BCUT2D eigenvalue weighted by Crippen LogP contribution is -2.42. The molecular weight excluding hydrogens is 328 g/mol. The van der Waals surface area contributed by atoms with Gasteiger partial charge in [-0.1, -0.05) is 6.92 Å². The van der Waals surface area contributed by atoms with E-state index in [1.54, 1.807) is 13.1 Å². The van der Waals surface area contributed by atoms with E-state index in [4.69, 9.17) is 5.11 Å². The Balaban J connectivity index is 2.25. The molecule has 0 bridgehead atoms.